The maximum atomic E-state index is 13.1. The third-order valence-electron chi connectivity index (χ3n) is 10.9. The summed E-state index contributed by atoms with van der Waals surface area (Å²) in [7, 11) is 0. The Morgan fingerprint density at radius 2 is 1.02 bits per heavy atom. The molecule has 1 N–H and O–H groups in total. The van der Waals surface area contributed by atoms with Gasteiger partial charge in [0, 0.05) is 12.5 Å². The van der Waals surface area contributed by atoms with Gasteiger partial charge in [-0.25, -0.2) is 0 Å². The third-order valence-corrected chi connectivity index (χ3v) is 10.9. The minimum Gasteiger partial charge on any atom is -0.368 e. The van der Waals surface area contributed by atoms with Crippen molar-refractivity contribution in [3.8, 4) is 0 Å². The van der Waals surface area contributed by atoms with E-state index >= 15 is 0 Å². The van der Waals surface area contributed by atoms with Crippen molar-refractivity contribution in [2.24, 2.45) is 0 Å². The number of ether oxygens (including phenoxy) is 9. The van der Waals surface area contributed by atoms with Gasteiger partial charge in [0.1, 0.15) is 42.7 Å². The second-order valence-corrected chi connectivity index (χ2v) is 15.3. The molecule has 5 aromatic carbocycles. The Morgan fingerprint density at radius 3 is 1.53 bits per heavy atom. The van der Waals surface area contributed by atoms with Gasteiger partial charge in [0.05, 0.1) is 39.1 Å². The highest BCUT2D eigenvalue weighted by Gasteiger charge is 2.55. The summed E-state index contributed by atoms with van der Waals surface area (Å²) in [5.41, 5.74) is 4.77. The summed E-state index contributed by atoms with van der Waals surface area (Å²) in [5, 5.41) is 3.10. The molecule has 3 heterocycles. The molecule has 3 aliphatic heterocycles. The molecule has 0 aliphatic carbocycles. The molecule has 0 spiro atoms. The minimum atomic E-state index is -1.02. The van der Waals surface area contributed by atoms with Crippen LogP contribution in [0.25, 0.3) is 0 Å². The van der Waals surface area contributed by atoms with Gasteiger partial charge in [-0.1, -0.05) is 152 Å². The fraction of sp³-hybridized carbons (Fsp3) is 0.367. The molecule has 11 nitrogen and oxygen atoms in total. The summed E-state index contributed by atoms with van der Waals surface area (Å²) in [4.78, 5) is 13.1. The lowest BCUT2D eigenvalue weighted by Crippen LogP contribution is -2.69. The summed E-state index contributed by atoms with van der Waals surface area (Å²) in [6, 6.07) is 48.6. The molecule has 3 aliphatic rings. The number of nitrogens with one attached hydrogen (secondary N) is 1. The van der Waals surface area contributed by atoms with Crippen LogP contribution in [-0.2, 0) is 73.9 Å². The van der Waals surface area contributed by atoms with Crippen LogP contribution < -0.4 is 5.32 Å². The molecule has 0 saturated carbocycles. The summed E-state index contributed by atoms with van der Waals surface area (Å²) in [6.07, 6.45) is -7.38. The Balaban J connectivity index is 1.14. The first kappa shape index (κ1) is 41.9. The van der Waals surface area contributed by atoms with Crippen molar-refractivity contribution in [2.45, 2.75) is 108 Å². The van der Waals surface area contributed by atoms with Gasteiger partial charge in [0.25, 0.3) is 0 Å². The van der Waals surface area contributed by atoms with E-state index in [0.717, 1.165) is 27.8 Å². The first-order valence-electron chi connectivity index (χ1n) is 20.7. The second-order valence-electron chi connectivity index (χ2n) is 15.3. The van der Waals surface area contributed by atoms with Crippen LogP contribution in [-0.4, -0.2) is 73.9 Å². The van der Waals surface area contributed by atoms with Gasteiger partial charge in [0.15, 0.2) is 18.9 Å². The monoisotopic (exact) mass is 815 g/mol. The predicted octanol–water partition coefficient (Wildman–Crippen LogP) is 7.43. The van der Waals surface area contributed by atoms with Crippen LogP contribution >= 0.6 is 0 Å². The number of hydrogen-bond acceptors (Lipinski definition) is 10. The average molecular weight is 816 g/mol. The molecule has 5 aromatic rings. The van der Waals surface area contributed by atoms with E-state index in [4.69, 9.17) is 42.6 Å². The van der Waals surface area contributed by atoms with E-state index in [1.165, 1.54) is 6.92 Å². The Labute approximate surface area is 351 Å². The molecule has 60 heavy (non-hydrogen) atoms. The van der Waals surface area contributed by atoms with Crippen LogP contribution in [0.1, 0.15) is 48.0 Å². The van der Waals surface area contributed by atoms with Crippen molar-refractivity contribution in [1.29, 1.82) is 0 Å². The van der Waals surface area contributed by atoms with Crippen molar-refractivity contribution >= 4 is 5.91 Å². The van der Waals surface area contributed by atoms with Crippen LogP contribution in [0.15, 0.2) is 152 Å². The van der Waals surface area contributed by atoms with Crippen molar-refractivity contribution in [3.05, 3.63) is 179 Å². The first-order chi connectivity index (χ1) is 29.5. The van der Waals surface area contributed by atoms with E-state index in [1.807, 2.05) is 159 Å². The van der Waals surface area contributed by atoms with Crippen molar-refractivity contribution in [3.63, 3.8) is 0 Å². The maximum Gasteiger partial charge on any atom is 0.217 e. The Bertz CT molecular complexity index is 2030. The number of rotatable bonds is 16. The molecule has 11 atom stereocenters. The van der Waals surface area contributed by atoms with E-state index in [9.17, 15) is 4.79 Å². The topological polar surface area (TPSA) is 112 Å². The van der Waals surface area contributed by atoms with Crippen LogP contribution in [0.5, 0.6) is 0 Å². The third kappa shape index (κ3) is 10.7. The minimum absolute atomic E-state index is 0.191. The lowest BCUT2D eigenvalue weighted by molar-refractivity contribution is -0.383. The second kappa shape index (κ2) is 20.7. The Morgan fingerprint density at radius 1 is 0.550 bits per heavy atom. The molecule has 0 unspecified atom stereocenters. The van der Waals surface area contributed by atoms with Crippen LogP contribution in [0.4, 0.5) is 0 Å². The fourth-order valence-corrected chi connectivity index (χ4v) is 7.93. The number of hydrogen-bond donors (Lipinski definition) is 1. The zero-order valence-electron chi connectivity index (χ0n) is 33.9. The SMILES string of the molecule is CC(=O)N[C@@H]1[C@@H](OCc2ccccc2)O[C@H]2CO[C@@H](c3ccccc3)O[C@H]2[C@H]1O[C@@H]1O[C@H](C)[C@@H](OCc2ccccc2)[C@H](OCc2ccccc2)[C@@H]1OCc1ccccc1. The normalized spacial score (nSPS) is 29.0. The summed E-state index contributed by atoms with van der Waals surface area (Å²) >= 11 is 0. The highest BCUT2D eigenvalue weighted by Crippen LogP contribution is 2.39. The number of fused-ring (bicyclic) bond motifs is 1. The number of carbonyl (C=O) groups is 1. The van der Waals surface area contributed by atoms with E-state index < -0.39 is 67.6 Å². The molecule has 0 radical (unpaired) electrons. The highest BCUT2D eigenvalue weighted by molar-refractivity contribution is 5.73. The predicted molar refractivity (Wildman–Crippen MR) is 222 cm³/mol. The molecule has 11 heteroatoms. The van der Waals surface area contributed by atoms with E-state index in [2.05, 4.69) is 5.32 Å². The van der Waals surface area contributed by atoms with E-state index in [-0.39, 0.29) is 25.7 Å². The van der Waals surface area contributed by atoms with Crippen molar-refractivity contribution in [1.82, 2.24) is 5.32 Å². The summed E-state index contributed by atoms with van der Waals surface area (Å²) < 4.78 is 60.6. The molecule has 3 fully saturated rings. The lowest BCUT2D eigenvalue weighted by Gasteiger charge is -2.52. The fourth-order valence-electron chi connectivity index (χ4n) is 7.93. The van der Waals surface area contributed by atoms with Crippen molar-refractivity contribution < 1.29 is 47.4 Å². The summed E-state index contributed by atoms with van der Waals surface area (Å²) in [6.45, 7) is 4.72. The van der Waals surface area contributed by atoms with Crippen LogP contribution in [0, 0.1) is 0 Å². The average Bonchev–Trinajstić information content (AvgIpc) is 3.29. The molecule has 3 saturated heterocycles. The van der Waals surface area contributed by atoms with E-state index in [1.54, 1.807) is 0 Å². The molecular weight excluding hydrogens is 763 g/mol. The zero-order valence-corrected chi connectivity index (χ0v) is 33.9. The number of amides is 1. The molecule has 1 amide bonds. The van der Waals surface area contributed by atoms with Crippen molar-refractivity contribution in [2.75, 3.05) is 6.61 Å². The zero-order chi connectivity index (χ0) is 41.1. The largest absolute Gasteiger partial charge is 0.368 e. The maximum absolute atomic E-state index is 13.1. The molecule has 314 valence electrons. The van der Waals surface area contributed by atoms with E-state index in [0.29, 0.717) is 13.2 Å². The Hall–Kier alpha value is -4.79. The van der Waals surface area contributed by atoms with Gasteiger partial charge in [-0.05, 0) is 29.2 Å². The quantitative estimate of drug-likeness (QED) is 0.108. The Kier molecular flexibility index (Phi) is 14.4. The smallest absolute Gasteiger partial charge is 0.217 e. The lowest BCUT2D eigenvalue weighted by atomic mass is 9.94. The van der Waals surface area contributed by atoms with Gasteiger partial charge < -0.3 is 47.9 Å². The molecule has 0 aromatic heterocycles. The standard InChI is InChI=1S/C49H53NO10/c1-33-42(52-28-35-18-8-3-9-19-35)45(53-29-36-20-10-4-11-21-36)46(54-30-37-22-12-5-13-23-37)49(57-33)60-44-41(50-34(2)51)48(55-31-38-24-14-6-15-25-38)58-40-32-56-47(59-43(40)44)39-26-16-7-17-27-39/h3-27,33,40-49H,28-32H2,1-2H3,(H,50,51)/t33-,40+,41+,42-,43-,44+,45+,46+,47-,48+,49+/m1/s1. The van der Waals surface area contributed by atoms with Crippen LogP contribution in [0.2, 0.25) is 0 Å². The summed E-state index contributed by atoms with van der Waals surface area (Å²) in [5.74, 6) is -0.288. The molecular formula is C49H53NO10. The molecule has 0 bridgehead atoms. The van der Waals surface area contributed by atoms with Crippen LogP contribution in [0.3, 0.4) is 0 Å². The van der Waals surface area contributed by atoms with Gasteiger partial charge >= 0.3 is 0 Å². The van der Waals surface area contributed by atoms with Gasteiger partial charge in [0.2, 0.25) is 5.91 Å². The molecule has 8 rings (SSSR count). The first-order valence-corrected chi connectivity index (χ1v) is 20.7. The highest BCUT2D eigenvalue weighted by atomic mass is 16.8. The number of carbonyl (C=O) groups excluding carboxylic acids is 1. The van der Waals surface area contributed by atoms with Gasteiger partial charge in [-0.3, -0.25) is 4.79 Å². The number of benzene rings is 5. The van der Waals surface area contributed by atoms with Gasteiger partial charge in [-0.2, -0.15) is 0 Å². The van der Waals surface area contributed by atoms with Gasteiger partial charge in [-0.15, -0.1) is 0 Å².